The molecule has 162 valence electrons. The van der Waals surface area contributed by atoms with Crippen molar-refractivity contribution < 1.29 is 13.2 Å². The molecule has 1 amide bonds. The Balaban J connectivity index is 1.51. The molecule has 0 aliphatic heterocycles. The number of amides is 1. The second-order valence-corrected chi connectivity index (χ2v) is 11.0. The second kappa shape index (κ2) is 9.34. The van der Waals surface area contributed by atoms with Gasteiger partial charge in [0.05, 0.1) is 11.4 Å². The minimum atomic E-state index is -3.53. The zero-order valence-corrected chi connectivity index (χ0v) is 19.1. The second-order valence-electron chi connectivity index (χ2n) is 7.89. The van der Waals surface area contributed by atoms with E-state index in [0.29, 0.717) is 18.7 Å². The van der Waals surface area contributed by atoms with Crippen molar-refractivity contribution in [1.82, 2.24) is 9.62 Å². The summed E-state index contributed by atoms with van der Waals surface area (Å²) >= 11 is 1.69. The Morgan fingerprint density at radius 3 is 2.35 bits per heavy atom. The van der Waals surface area contributed by atoms with Gasteiger partial charge in [0.1, 0.15) is 0 Å². The highest BCUT2D eigenvalue weighted by Crippen LogP contribution is 2.23. The molecular formula is C24H26N2O3S2. The van der Waals surface area contributed by atoms with E-state index in [1.807, 2.05) is 23.1 Å². The Bertz CT molecular complexity index is 1140. The van der Waals surface area contributed by atoms with Crippen molar-refractivity contribution in [2.24, 2.45) is 0 Å². The van der Waals surface area contributed by atoms with Crippen molar-refractivity contribution >= 4 is 27.3 Å². The average molecular weight is 455 g/mol. The molecule has 0 saturated heterocycles. The van der Waals surface area contributed by atoms with Gasteiger partial charge in [-0.25, -0.2) is 13.1 Å². The van der Waals surface area contributed by atoms with E-state index in [2.05, 4.69) is 35.9 Å². The van der Waals surface area contributed by atoms with Crippen LogP contribution in [0.5, 0.6) is 0 Å². The molecule has 3 aromatic rings. The molecule has 1 aromatic heterocycles. The van der Waals surface area contributed by atoms with Crippen LogP contribution in [0.2, 0.25) is 0 Å². The van der Waals surface area contributed by atoms with Gasteiger partial charge >= 0.3 is 0 Å². The summed E-state index contributed by atoms with van der Waals surface area (Å²) < 4.78 is 27.5. The van der Waals surface area contributed by atoms with Gasteiger partial charge in [-0.2, -0.15) is 0 Å². The van der Waals surface area contributed by atoms with Gasteiger partial charge in [-0.05, 0) is 68.1 Å². The molecule has 1 saturated carbocycles. The molecule has 31 heavy (non-hydrogen) atoms. The Morgan fingerprint density at radius 2 is 1.74 bits per heavy atom. The molecule has 7 heteroatoms. The number of nitrogens with one attached hydrogen (secondary N) is 1. The van der Waals surface area contributed by atoms with Gasteiger partial charge in [0.2, 0.25) is 10.0 Å². The number of carbonyl (C=O) groups excluding carboxylic acids is 1. The average Bonchev–Trinajstić information content (AvgIpc) is 3.48. The van der Waals surface area contributed by atoms with Crippen molar-refractivity contribution in [2.45, 2.75) is 43.7 Å². The molecule has 1 N–H and O–H groups in total. The van der Waals surface area contributed by atoms with Gasteiger partial charge in [-0.3, -0.25) is 4.79 Å². The normalized spacial score (nSPS) is 13.8. The van der Waals surface area contributed by atoms with E-state index in [-0.39, 0.29) is 16.8 Å². The number of thiophene rings is 1. The standard InChI is InChI=1S/C24H26N2O3S2/c1-18-7-12-22(30-18)17-26(16-15-19-5-3-2-4-6-19)24(27)20-8-13-23(14-9-20)31(28,29)25-21-10-11-21/h2-9,12-14,21,25H,10-11,15-17H2,1H3. The summed E-state index contributed by atoms with van der Waals surface area (Å²) in [5, 5.41) is 0. The topological polar surface area (TPSA) is 66.5 Å². The summed E-state index contributed by atoms with van der Waals surface area (Å²) in [5.41, 5.74) is 1.67. The van der Waals surface area contributed by atoms with Crippen LogP contribution in [0, 0.1) is 6.92 Å². The first kappa shape index (κ1) is 21.7. The maximum atomic E-state index is 13.3. The van der Waals surface area contributed by atoms with Crippen molar-refractivity contribution in [2.75, 3.05) is 6.54 Å². The monoisotopic (exact) mass is 454 g/mol. The molecule has 1 fully saturated rings. The third-order valence-corrected chi connectivity index (χ3v) is 7.78. The molecule has 0 radical (unpaired) electrons. The highest BCUT2D eigenvalue weighted by molar-refractivity contribution is 7.89. The minimum absolute atomic E-state index is 0.0500. The predicted octanol–water partition coefficient (Wildman–Crippen LogP) is 4.38. The maximum Gasteiger partial charge on any atom is 0.254 e. The molecule has 2 aromatic carbocycles. The highest BCUT2D eigenvalue weighted by Gasteiger charge is 2.28. The van der Waals surface area contributed by atoms with Crippen LogP contribution >= 0.6 is 11.3 Å². The van der Waals surface area contributed by atoms with E-state index < -0.39 is 10.0 Å². The van der Waals surface area contributed by atoms with Gasteiger partial charge in [-0.1, -0.05) is 30.3 Å². The molecule has 1 heterocycles. The summed E-state index contributed by atoms with van der Waals surface area (Å²) in [6.45, 7) is 3.18. The van der Waals surface area contributed by atoms with Crippen molar-refractivity contribution in [3.63, 3.8) is 0 Å². The van der Waals surface area contributed by atoms with Crippen LogP contribution in [-0.4, -0.2) is 31.8 Å². The molecular weight excluding hydrogens is 428 g/mol. The number of sulfonamides is 1. The summed E-state index contributed by atoms with van der Waals surface area (Å²) in [4.78, 5) is 17.7. The SMILES string of the molecule is Cc1ccc(CN(CCc2ccccc2)C(=O)c2ccc(S(=O)(=O)NC3CC3)cc2)s1. The zero-order chi connectivity index (χ0) is 21.8. The minimum Gasteiger partial charge on any atom is -0.333 e. The Kier molecular flexibility index (Phi) is 6.55. The van der Waals surface area contributed by atoms with E-state index in [1.165, 1.54) is 22.6 Å². The maximum absolute atomic E-state index is 13.3. The third kappa shape index (κ3) is 5.81. The van der Waals surface area contributed by atoms with Crippen molar-refractivity contribution in [3.8, 4) is 0 Å². The van der Waals surface area contributed by atoms with Crippen LogP contribution in [0.15, 0.2) is 71.6 Å². The molecule has 0 bridgehead atoms. The lowest BCUT2D eigenvalue weighted by Gasteiger charge is -2.22. The summed E-state index contributed by atoms with van der Waals surface area (Å²) in [6, 6.07) is 20.5. The number of carbonyl (C=O) groups is 1. The number of benzene rings is 2. The number of hydrogen-bond acceptors (Lipinski definition) is 4. The number of nitrogens with zero attached hydrogens (tertiary/aromatic N) is 1. The van der Waals surface area contributed by atoms with Gasteiger partial charge in [0, 0.05) is 27.9 Å². The first-order valence-electron chi connectivity index (χ1n) is 10.4. The highest BCUT2D eigenvalue weighted by atomic mass is 32.2. The molecule has 1 aliphatic rings. The van der Waals surface area contributed by atoms with Crippen LogP contribution in [-0.2, 0) is 23.0 Å². The Morgan fingerprint density at radius 1 is 1.03 bits per heavy atom. The first-order chi connectivity index (χ1) is 14.9. The zero-order valence-electron chi connectivity index (χ0n) is 17.5. The Hall–Kier alpha value is -2.48. The lowest BCUT2D eigenvalue weighted by atomic mass is 10.1. The third-order valence-electron chi connectivity index (χ3n) is 5.25. The number of hydrogen-bond donors (Lipinski definition) is 1. The first-order valence-corrected chi connectivity index (χ1v) is 12.7. The molecule has 0 spiro atoms. The fourth-order valence-corrected chi connectivity index (χ4v) is 5.58. The van der Waals surface area contributed by atoms with Gasteiger partial charge < -0.3 is 4.90 Å². The number of aryl methyl sites for hydroxylation is 1. The lowest BCUT2D eigenvalue weighted by molar-refractivity contribution is 0.0746. The van der Waals surface area contributed by atoms with Gasteiger partial charge in [0.25, 0.3) is 5.91 Å². The van der Waals surface area contributed by atoms with Gasteiger partial charge in [0.15, 0.2) is 0 Å². The van der Waals surface area contributed by atoms with E-state index >= 15 is 0 Å². The number of rotatable bonds is 9. The smallest absolute Gasteiger partial charge is 0.254 e. The molecule has 0 unspecified atom stereocenters. The Labute approximate surface area is 187 Å². The van der Waals surface area contributed by atoms with E-state index in [0.717, 1.165) is 24.1 Å². The molecule has 5 nitrogen and oxygen atoms in total. The van der Waals surface area contributed by atoms with E-state index in [9.17, 15) is 13.2 Å². The van der Waals surface area contributed by atoms with Crippen LogP contribution < -0.4 is 4.72 Å². The molecule has 1 aliphatic carbocycles. The molecule has 0 atom stereocenters. The van der Waals surface area contributed by atoms with Crippen LogP contribution in [0.25, 0.3) is 0 Å². The van der Waals surface area contributed by atoms with Crippen molar-refractivity contribution in [3.05, 3.63) is 87.6 Å². The van der Waals surface area contributed by atoms with E-state index in [1.54, 1.807) is 23.5 Å². The lowest BCUT2D eigenvalue weighted by Crippen LogP contribution is -2.32. The summed E-state index contributed by atoms with van der Waals surface area (Å²) in [5.74, 6) is -0.0962. The fourth-order valence-electron chi connectivity index (χ4n) is 3.37. The largest absolute Gasteiger partial charge is 0.333 e. The van der Waals surface area contributed by atoms with Crippen molar-refractivity contribution in [1.29, 1.82) is 0 Å². The quantitative estimate of drug-likeness (QED) is 0.522. The molecule has 4 rings (SSSR count). The summed E-state index contributed by atoms with van der Waals surface area (Å²) in [6.07, 6.45) is 2.53. The van der Waals surface area contributed by atoms with E-state index in [4.69, 9.17) is 0 Å². The fraction of sp³-hybridized carbons (Fsp3) is 0.292. The summed E-state index contributed by atoms with van der Waals surface area (Å²) in [7, 11) is -3.53. The predicted molar refractivity (Wildman–Crippen MR) is 124 cm³/mol. The van der Waals surface area contributed by atoms with Crippen LogP contribution in [0.1, 0.15) is 38.5 Å². The van der Waals surface area contributed by atoms with Crippen LogP contribution in [0.4, 0.5) is 0 Å². The van der Waals surface area contributed by atoms with Gasteiger partial charge in [-0.15, -0.1) is 11.3 Å². The van der Waals surface area contributed by atoms with Crippen LogP contribution in [0.3, 0.4) is 0 Å².